The summed E-state index contributed by atoms with van der Waals surface area (Å²) in [6, 6.07) is 27.3. The molecule has 214 valence electrons. The molecule has 5 rings (SSSR count). The quantitative estimate of drug-likeness (QED) is 0.310. The smallest absolute Gasteiger partial charge is 0.316 e. The highest BCUT2D eigenvalue weighted by molar-refractivity contribution is 7.91. The first kappa shape index (κ1) is 29.0. The summed E-state index contributed by atoms with van der Waals surface area (Å²) in [5, 5.41) is 21.8. The van der Waals surface area contributed by atoms with E-state index in [1.807, 2.05) is 80.6 Å². The van der Waals surface area contributed by atoms with Crippen LogP contribution >= 0.6 is 0 Å². The summed E-state index contributed by atoms with van der Waals surface area (Å²) < 4.78 is 34.3. The van der Waals surface area contributed by atoms with Gasteiger partial charge in [-0.15, -0.1) is 0 Å². The van der Waals surface area contributed by atoms with Gasteiger partial charge in [0.15, 0.2) is 9.84 Å². The van der Waals surface area contributed by atoms with E-state index in [2.05, 4.69) is 0 Å². The summed E-state index contributed by atoms with van der Waals surface area (Å²) in [7, 11) is -4.02. The molecule has 4 unspecified atom stereocenters. The van der Waals surface area contributed by atoms with Crippen molar-refractivity contribution in [2.24, 2.45) is 11.3 Å². The number of rotatable bonds is 10. The summed E-state index contributed by atoms with van der Waals surface area (Å²) in [6.45, 7) is 3.99. The number of aryl methyl sites for hydroxylation is 1. The third-order valence-corrected chi connectivity index (χ3v) is 11.3. The first-order valence-electron chi connectivity index (χ1n) is 14.4. The van der Waals surface area contributed by atoms with Gasteiger partial charge >= 0.3 is 5.97 Å². The van der Waals surface area contributed by atoms with Gasteiger partial charge in [0.2, 0.25) is 0 Å². The highest BCUT2D eigenvalue weighted by atomic mass is 32.2. The second-order valence-corrected chi connectivity index (χ2v) is 13.8. The van der Waals surface area contributed by atoms with E-state index in [1.54, 1.807) is 0 Å². The van der Waals surface area contributed by atoms with Gasteiger partial charge in [-0.25, -0.2) is 8.42 Å². The molecule has 0 bridgehead atoms. The molecule has 0 radical (unpaired) electrons. The van der Waals surface area contributed by atoms with Crippen LogP contribution in [0, 0.1) is 22.7 Å². The Labute approximate surface area is 242 Å². The molecular weight excluding hydrogens is 534 g/mol. The maximum absolute atomic E-state index is 14.3. The van der Waals surface area contributed by atoms with Crippen molar-refractivity contribution >= 4 is 15.8 Å². The zero-order valence-electron chi connectivity index (χ0n) is 23.6. The van der Waals surface area contributed by atoms with Gasteiger partial charge in [0, 0.05) is 0 Å². The molecule has 1 aliphatic carbocycles. The van der Waals surface area contributed by atoms with Gasteiger partial charge in [-0.3, -0.25) is 4.79 Å². The largest absolute Gasteiger partial charge is 0.457 e. The number of aliphatic hydroxyl groups excluding tert-OH is 1. The molecule has 6 nitrogen and oxygen atoms in total. The van der Waals surface area contributed by atoms with Crippen LogP contribution in [-0.2, 0) is 31.2 Å². The standard InChI is InChI=1S/C34H37NO5S/c1-3-21-33(22-20-25-10-6-4-7-11-25)32(2,27-12-8-5-9-13-27)30(36)34(28-16-17-28,31(37)40-33)24-41(38,39)29-18-14-26(23-35)15-19-29/h4-15,18-19,28,30,36H,3,16-17,20-22,24H2,1-2H3. The number of nitriles is 1. The summed E-state index contributed by atoms with van der Waals surface area (Å²) in [5.41, 5.74) is -1.48. The molecule has 3 aromatic carbocycles. The monoisotopic (exact) mass is 571 g/mol. The van der Waals surface area contributed by atoms with Gasteiger partial charge in [-0.05, 0) is 80.3 Å². The zero-order valence-corrected chi connectivity index (χ0v) is 24.4. The van der Waals surface area contributed by atoms with Gasteiger partial charge in [0.05, 0.1) is 33.8 Å². The fraction of sp³-hybridized carbons (Fsp3) is 0.412. The Bertz CT molecular complexity index is 1530. The Morgan fingerprint density at radius 2 is 1.56 bits per heavy atom. The number of aliphatic hydroxyl groups is 1. The Kier molecular flexibility index (Phi) is 7.84. The van der Waals surface area contributed by atoms with Gasteiger partial charge in [0.1, 0.15) is 11.0 Å². The molecule has 1 saturated carbocycles. The molecule has 0 aromatic heterocycles. The molecule has 1 aliphatic heterocycles. The van der Waals surface area contributed by atoms with Crippen LogP contribution in [0.2, 0.25) is 0 Å². The molecule has 0 spiro atoms. The van der Waals surface area contributed by atoms with Crippen molar-refractivity contribution in [3.05, 3.63) is 102 Å². The fourth-order valence-electron chi connectivity index (χ4n) is 6.98. The van der Waals surface area contributed by atoms with Crippen molar-refractivity contribution in [2.45, 2.75) is 74.4 Å². The van der Waals surface area contributed by atoms with Crippen molar-refractivity contribution in [1.29, 1.82) is 5.26 Å². The number of esters is 1. The molecule has 7 heteroatoms. The van der Waals surface area contributed by atoms with E-state index < -0.39 is 44.1 Å². The number of hydrogen-bond donors (Lipinski definition) is 1. The third kappa shape index (κ3) is 4.98. The second-order valence-electron chi connectivity index (χ2n) is 11.8. The predicted molar refractivity (Wildman–Crippen MR) is 157 cm³/mol. The third-order valence-electron chi connectivity index (χ3n) is 9.41. The van der Waals surface area contributed by atoms with E-state index in [0.717, 1.165) is 17.5 Å². The van der Waals surface area contributed by atoms with Gasteiger partial charge in [-0.2, -0.15) is 5.26 Å². The van der Waals surface area contributed by atoms with Crippen LogP contribution in [0.4, 0.5) is 0 Å². The molecule has 1 heterocycles. The predicted octanol–water partition coefficient (Wildman–Crippen LogP) is 5.78. The lowest BCUT2D eigenvalue weighted by atomic mass is 9.53. The van der Waals surface area contributed by atoms with E-state index in [-0.39, 0.29) is 10.8 Å². The van der Waals surface area contributed by atoms with E-state index >= 15 is 0 Å². The topological polar surface area (TPSA) is 104 Å². The van der Waals surface area contributed by atoms with Crippen LogP contribution < -0.4 is 0 Å². The van der Waals surface area contributed by atoms with Gasteiger partial charge < -0.3 is 9.84 Å². The van der Waals surface area contributed by atoms with Crippen molar-refractivity contribution < 1.29 is 23.1 Å². The average Bonchev–Trinajstić information content (AvgIpc) is 3.84. The normalized spacial score (nSPS) is 28.0. The molecule has 1 saturated heterocycles. The van der Waals surface area contributed by atoms with Crippen molar-refractivity contribution in [3.8, 4) is 6.07 Å². The Balaban J connectivity index is 1.64. The number of nitrogens with zero attached hydrogens (tertiary/aromatic N) is 1. The zero-order chi connectivity index (χ0) is 29.3. The second kappa shape index (κ2) is 11.1. The van der Waals surface area contributed by atoms with Crippen molar-refractivity contribution in [1.82, 2.24) is 0 Å². The number of sulfone groups is 1. The molecule has 2 aliphatic rings. The van der Waals surface area contributed by atoms with E-state index in [4.69, 9.17) is 10.00 Å². The summed E-state index contributed by atoms with van der Waals surface area (Å²) in [5.74, 6) is -1.49. The van der Waals surface area contributed by atoms with Gasteiger partial charge in [-0.1, -0.05) is 74.0 Å². The van der Waals surface area contributed by atoms with Gasteiger partial charge in [0.25, 0.3) is 0 Å². The molecular formula is C34H37NO5S. The lowest BCUT2D eigenvalue weighted by Gasteiger charge is -2.60. The van der Waals surface area contributed by atoms with Crippen LogP contribution in [0.25, 0.3) is 0 Å². The van der Waals surface area contributed by atoms with Crippen LogP contribution in [0.5, 0.6) is 0 Å². The molecule has 3 aromatic rings. The highest BCUT2D eigenvalue weighted by Gasteiger charge is 2.72. The minimum atomic E-state index is -4.02. The number of carbonyl (C=O) groups excluding carboxylic acids is 1. The Hall–Kier alpha value is -3.47. The fourth-order valence-corrected chi connectivity index (χ4v) is 8.84. The van der Waals surface area contributed by atoms with Crippen LogP contribution in [0.15, 0.2) is 89.8 Å². The minimum Gasteiger partial charge on any atom is -0.457 e. The number of benzene rings is 3. The average molecular weight is 572 g/mol. The molecule has 41 heavy (non-hydrogen) atoms. The lowest BCUT2D eigenvalue weighted by molar-refractivity contribution is -0.233. The molecule has 1 N–H and O–H groups in total. The van der Waals surface area contributed by atoms with Crippen LogP contribution in [-0.4, -0.2) is 37.0 Å². The minimum absolute atomic E-state index is 0.0208. The van der Waals surface area contributed by atoms with E-state index in [0.29, 0.717) is 37.7 Å². The lowest BCUT2D eigenvalue weighted by Crippen LogP contribution is -2.72. The van der Waals surface area contributed by atoms with Crippen molar-refractivity contribution in [3.63, 3.8) is 0 Å². The number of cyclic esters (lactones) is 1. The number of ether oxygens (including phenoxy) is 1. The highest BCUT2D eigenvalue weighted by Crippen LogP contribution is 2.61. The van der Waals surface area contributed by atoms with Crippen molar-refractivity contribution in [2.75, 3.05) is 5.75 Å². The molecule has 2 fully saturated rings. The van der Waals surface area contributed by atoms with Crippen LogP contribution in [0.3, 0.4) is 0 Å². The number of carbonyl (C=O) groups is 1. The Morgan fingerprint density at radius 1 is 0.951 bits per heavy atom. The van der Waals surface area contributed by atoms with E-state index in [1.165, 1.54) is 24.3 Å². The van der Waals surface area contributed by atoms with Crippen LogP contribution in [0.1, 0.15) is 62.6 Å². The maximum Gasteiger partial charge on any atom is 0.316 e. The Morgan fingerprint density at radius 3 is 2.12 bits per heavy atom. The maximum atomic E-state index is 14.3. The molecule has 0 amide bonds. The summed E-state index contributed by atoms with van der Waals surface area (Å²) >= 11 is 0. The molecule has 4 atom stereocenters. The van der Waals surface area contributed by atoms with E-state index in [9.17, 15) is 18.3 Å². The SMILES string of the molecule is CCCC1(CCc2ccccc2)OC(=O)C(CS(=O)(=O)c2ccc(C#N)cc2)(C2CC2)C(O)C1(C)c1ccccc1. The summed E-state index contributed by atoms with van der Waals surface area (Å²) in [4.78, 5) is 14.4. The number of hydrogen-bond acceptors (Lipinski definition) is 6. The first-order chi connectivity index (χ1) is 19.6. The first-order valence-corrected chi connectivity index (χ1v) is 16.0. The summed E-state index contributed by atoms with van der Waals surface area (Å²) in [6.07, 6.45) is 2.36.